The zero-order valence-electron chi connectivity index (χ0n) is 11.0. The van der Waals surface area contributed by atoms with E-state index in [1.807, 2.05) is 18.9 Å². The molecule has 0 aliphatic heterocycles. The maximum atomic E-state index is 12.1. The van der Waals surface area contributed by atoms with E-state index in [1.165, 1.54) is 0 Å². The molecule has 0 bridgehead atoms. The van der Waals surface area contributed by atoms with Gasteiger partial charge in [-0.2, -0.15) is 0 Å². The highest BCUT2D eigenvalue weighted by atomic mass is 16.2. The van der Waals surface area contributed by atoms with Crippen LogP contribution in [0, 0.1) is 11.8 Å². The Morgan fingerprint density at radius 3 is 2.07 bits per heavy atom. The van der Waals surface area contributed by atoms with E-state index in [4.69, 9.17) is 0 Å². The Hall–Kier alpha value is -0.570. The van der Waals surface area contributed by atoms with Crippen molar-refractivity contribution < 1.29 is 4.79 Å². The first-order chi connectivity index (χ1) is 6.91. The number of carbonyl (C=O) groups excluding carboxylic acids is 1. The second kappa shape index (κ2) is 6.83. The van der Waals surface area contributed by atoms with Crippen LogP contribution in [0.4, 0.5) is 0 Å². The molecular formula is C12H26N2O. The van der Waals surface area contributed by atoms with Crippen LogP contribution >= 0.6 is 0 Å². The van der Waals surface area contributed by atoms with Crippen LogP contribution in [-0.2, 0) is 4.79 Å². The van der Waals surface area contributed by atoms with Crippen molar-refractivity contribution in [2.75, 3.05) is 20.1 Å². The highest BCUT2D eigenvalue weighted by molar-refractivity contribution is 5.79. The van der Waals surface area contributed by atoms with Crippen LogP contribution in [0.25, 0.3) is 0 Å². The molecule has 90 valence electrons. The first-order valence-corrected chi connectivity index (χ1v) is 5.86. The molecule has 0 saturated carbocycles. The fraction of sp³-hybridized carbons (Fsp3) is 0.917. The molecule has 0 aromatic heterocycles. The van der Waals surface area contributed by atoms with E-state index in [0.29, 0.717) is 5.92 Å². The number of rotatable bonds is 6. The maximum absolute atomic E-state index is 12.1. The maximum Gasteiger partial charge on any atom is 0.225 e. The number of carbonyl (C=O) groups is 1. The van der Waals surface area contributed by atoms with Gasteiger partial charge in [-0.25, -0.2) is 0 Å². The summed E-state index contributed by atoms with van der Waals surface area (Å²) in [5.74, 6) is 0.799. The lowest BCUT2D eigenvalue weighted by Crippen LogP contribution is -2.44. The topological polar surface area (TPSA) is 32.3 Å². The first-order valence-electron chi connectivity index (χ1n) is 5.86. The number of hydrogen-bond acceptors (Lipinski definition) is 2. The molecule has 0 aromatic rings. The summed E-state index contributed by atoms with van der Waals surface area (Å²) < 4.78 is 0. The van der Waals surface area contributed by atoms with Gasteiger partial charge >= 0.3 is 0 Å². The van der Waals surface area contributed by atoms with Gasteiger partial charge in [0.25, 0.3) is 0 Å². The minimum atomic E-state index is 0.115. The fourth-order valence-electron chi connectivity index (χ4n) is 1.40. The van der Waals surface area contributed by atoms with E-state index in [2.05, 4.69) is 33.0 Å². The SMILES string of the molecule is CNCCN(C(=O)C(C)C(C)C)C(C)C. The van der Waals surface area contributed by atoms with Crippen molar-refractivity contribution in [1.82, 2.24) is 10.2 Å². The third-order valence-corrected chi connectivity index (χ3v) is 2.90. The Bertz CT molecular complexity index is 190. The fourth-order valence-corrected chi connectivity index (χ4v) is 1.40. The van der Waals surface area contributed by atoms with E-state index >= 15 is 0 Å². The number of hydrogen-bond donors (Lipinski definition) is 1. The minimum absolute atomic E-state index is 0.115. The van der Waals surface area contributed by atoms with Gasteiger partial charge < -0.3 is 10.2 Å². The zero-order chi connectivity index (χ0) is 12.0. The van der Waals surface area contributed by atoms with Crippen molar-refractivity contribution in [3.63, 3.8) is 0 Å². The van der Waals surface area contributed by atoms with Crippen LogP contribution in [-0.4, -0.2) is 37.0 Å². The number of amides is 1. The summed E-state index contributed by atoms with van der Waals surface area (Å²) in [6, 6.07) is 0.284. The molecule has 0 aromatic carbocycles. The molecule has 0 heterocycles. The summed E-state index contributed by atoms with van der Waals surface area (Å²) in [7, 11) is 1.91. The van der Waals surface area contributed by atoms with Gasteiger partial charge in [0.15, 0.2) is 0 Å². The summed E-state index contributed by atoms with van der Waals surface area (Å²) in [6.07, 6.45) is 0. The average molecular weight is 214 g/mol. The third-order valence-electron chi connectivity index (χ3n) is 2.90. The molecule has 3 nitrogen and oxygen atoms in total. The van der Waals surface area contributed by atoms with E-state index in [1.54, 1.807) is 0 Å². The molecule has 0 radical (unpaired) electrons. The molecule has 0 fully saturated rings. The van der Waals surface area contributed by atoms with Crippen LogP contribution in [0.1, 0.15) is 34.6 Å². The quantitative estimate of drug-likeness (QED) is 0.730. The molecule has 1 amide bonds. The van der Waals surface area contributed by atoms with Crippen LogP contribution in [0.5, 0.6) is 0 Å². The smallest absolute Gasteiger partial charge is 0.225 e. The molecule has 1 unspecified atom stereocenters. The Kier molecular flexibility index (Phi) is 6.57. The van der Waals surface area contributed by atoms with Crippen molar-refractivity contribution in [2.45, 2.75) is 40.7 Å². The van der Waals surface area contributed by atoms with Crippen molar-refractivity contribution in [3.8, 4) is 0 Å². The molecule has 0 saturated heterocycles. The Balaban J connectivity index is 4.41. The van der Waals surface area contributed by atoms with E-state index in [0.717, 1.165) is 13.1 Å². The van der Waals surface area contributed by atoms with Crippen LogP contribution in [0.3, 0.4) is 0 Å². The van der Waals surface area contributed by atoms with Crippen LogP contribution in [0.15, 0.2) is 0 Å². The molecule has 15 heavy (non-hydrogen) atoms. The third kappa shape index (κ3) is 4.65. The van der Waals surface area contributed by atoms with Gasteiger partial charge in [0.1, 0.15) is 0 Å². The molecule has 0 aliphatic carbocycles. The summed E-state index contributed by atoms with van der Waals surface area (Å²) in [4.78, 5) is 14.1. The normalized spacial score (nSPS) is 13.3. The van der Waals surface area contributed by atoms with Crippen molar-refractivity contribution in [3.05, 3.63) is 0 Å². The predicted molar refractivity (Wildman–Crippen MR) is 64.8 cm³/mol. The Labute approximate surface area is 94.2 Å². The lowest BCUT2D eigenvalue weighted by atomic mass is 9.96. The summed E-state index contributed by atoms with van der Waals surface area (Å²) in [5.41, 5.74) is 0. The van der Waals surface area contributed by atoms with Crippen LogP contribution in [0.2, 0.25) is 0 Å². The largest absolute Gasteiger partial charge is 0.339 e. The van der Waals surface area contributed by atoms with Gasteiger partial charge in [-0.3, -0.25) is 4.79 Å². The second-order valence-corrected chi connectivity index (χ2v) is 4.76. The Morgan fingerprint density at radius 1 is 1.20 bits per heavy atom. The molecule has 1 atom stereocenters. The molecule has 3 heteroatoms. The predicted octanol–water partition coefficient (Wildman–Crippen LogP) is 1.73. The lowest BCUT2D eigenvalue weighted by molar-refractivity contribution is -0.138. The van der Waals surface area contributed by atoms with Gasteiger partial charge in [0.2, 0.25) is 5.91 Å². The summed E-state index contributed by atoms with van der Waals surface area (Å²) in [5, 5.41) is 3.08. The van der Waals surface area contributed by atoms with E-state index in [-0.39, 0.29) is 17.9 Å². The molecule has 0 spiro atoms. The van der Waals surface area contributed by atoms with Gasteiger partial charge in [0.05, 0.1) is 0 Å². The van der Waals surface area contributed by atoms with Crippen molar-refractivity contribution in [2.24, 2.45) is 11.8 Å². The molecule has 0 rings (SSSR count). The summed E-state index contributed by atoms with van der Waals surface area (Å²) >= 11 is 0. The Morgan fingerprint density at radius 2 is 1.73 bits per heavy atom. The molecular weight excluding hydrogens is 188 g/mol. The number of nitrogens with zero attached hydrogens (tertiary/aromatic N) is 1. The molecule has 1 N–H and O–H groups in total. The van der Waals surface area contributed by atoms with Crippen molar-refractivity contribution >= 4 is 5.91 Å². The number of likely N-dealkylation sites (N-methyl/N-ethyl adjacent to an activating group) is 1. The van der Waals surface area contributed by atoms with Gasteiger partial charge in [0, 0.05) is 25.0 Å². The number of nitrogens with one attached hydrogen (secondary N) is 1. The first kappa shape index (κ1) is 14.4. The highest BCUT2D eigenvalue weighted by Gasteiger charge is 2.24. The minimum Gasteiger partial charge on any atom is -0.339 e. The second-order valence-electron chi connectivity index (χ2n) is 4.76. The van der Waals surface area contributed by atoms with Crippen molar-refractivity contribution in [1.29, 1.82) is 0 Å². The van der Waals surface area contributed by atoms with Gasteiger partial charge in [-0.05, 0) is 26.8 Å². The average Bonchev–Trinajstić information content (AvgIpc) is 2.16. The van der Waals surface area contributed by atoms with Gasteiger partial charge in [-0.15, -0.1) is 0 Å². The van der Waals surface area contributed by atoms with E-state index < -0.39 is 0 Å². The monoisotopic (exact) mass is 214 g/mol. The van der Waals surface area contributed by atoms with E-state index in [9.17, 15) is 4.79 Å². The lowest BCUT2D eigenvalue weighted by Gasteiger charge is -2.30. The highest BCUT2D eigenvalue weighted by Crippen LogP contribution is 2.14. The standard InChI is InChI=1S/C12H26N2O/c1-9(2)11(5)12(15)14(10(3)4)8-7-13-6/h9-11,13H,7-8H2,1-6H3. The van der Waals surface area contributed by atoms with Crippen LogP contribution < -0.4 is 5.32 Å². The summed E-state index contributed by atoms with van der Waals surface area (Å²) in [6.45, 7) is 12.0. The van der Waals surface area contributed by atoms with Gasteiger partial charge in [-0.1, -0.05) is 20.8 Å². The molecule has 0 aliphatic rings. The zero-order valence-corrected chi connectivity index (χ0v) is 11.0.